The lowest BCUT2D eigenvalue weighted by atomic mass is 10.1. The number of benzene rings is 1. The molecule has 0 saturated heterocycles. The van der Waals surface area contributed by atoms with Crippen molar-refractivity contribution in [1.29, 1.82) is 0 Å². The summed E-state index contributed by atoms with van der Waals surface area (Å²) >= 11 is 0. The molecule has 0 saturated carbocycles. The summed E-state index contributed by atoms with van der Waals surface area (Å²) in [5.74, 6) is 2.91. The van der Waals surface area contributed by atoms with Gasteiger partial charge in [0, 0.05) is 40.3 Å². The Morgan fingerprint density at radius 2 is 1.50 bits per heavy atom. The Labute approximate surface area is 133 Å². The summed E-state index contributed by atoms with van der Waals surface area (Å²) in [6.07, 6.45) is 0.759. The molecule has 1 aromatic carbocycles. The number of hydrogen-bond acceptors (Lipinski definition) is 4. The fourth-order valence-electron chi connectivity index (χ4n) is 2.32. The normalized spacial score (nSPS) is 9.95. The zero-order valence-corrected chi connectivity index (χ0v) is 14.6. The Balaban J connectivity index is 2.97. The van der Waals surface area contributed by atoms with Crippen molar-refractivity contribution in [2.24, 2.45) is 4.99 Å². The molecule has 0 N–H and O–H groups in total. The molecule has 0 fully saturated rings. The van der Waals surface area contributed by atoms with E-state index >= 15 is 0 Å². The SMILES string of the molecule is COc1ccc(CCN=C(N(C)C)N(C)C)c(OC)c1OC. The van der Waals surface area contributed by atoms with E-state index < -0.39 is 0 Å². The number of hydrogen-bond donors (Lipinski definition) is 0. The van der Waals surface area contributed by atoms with Gasteiger partial charge < -0.3 is 24.0 Å². The van der Waals surface area contributed by atoms with Crippen LogP contribution in [0.1, 0.15) is 5.56 Å². The molecular formula is C16H27N3O3. The summed E-state index contributed by atoms with van der Waals surface area (Å²) in [5, 5.41) is 0. The number of methoxy groups -OCH3 is 3. The van der Waals surface area contributed by atoms with E-state index in [1.807, 2.05) is 50.1 Å². The fourth-order valence-corrected chi connectivity index (χ4v) is 2.32. The zero-order valence-electron chi connectivity index (χ0n) is 14.6. The molecule has 0 aliphatic heterocycles. The van der Waals surface area contributed by atoms with Crippen molar-refractivity contribution >= 4 is 5.96 Å². The van der Waals surface area contributed by atoms with Gasteiger partial charge in [-0.15, -0.1) is 0 Å². The maximum atomic E-state index is 5.49. The zero-order chi connectivity index (χ0) is 16.7. The van der Waals surface area contributed by atoms with Gasteiger partial charge in [0.05, 0.1) is 21.3 Å². The van der Waals surface area contributed by atoms with Crippen molar-refractivity contribution in [3.63, 3.8) is 0 Å². The molecule has 0 aliphatic rings. The number of rotatable bonds is 6. The molecule has 0 aliphatic carbocycles. The second-order valence-corrected chi connectivity index (χ2v) is 5.21. The smallest absolute Gasteiger partial charge is 0.203 e. The van der Waals surface area contributed by atoms with E-state index in [9.17, 15) is 0 Å². The quantitative estimate of drug-likeness (QED) is 0.592. The van der Waals surface area contributed by atoms with Crippen LogP contribution in [0.4, 0.5) is 0 Å². The van der Waals surface area contributed by atoms with Crippen molar-refractivity contribution in [1.82, 2.24) is 9.80 Å². The van der Waals surface area contributed by atoms with Gasteiger partial charge in [0.2, 0.25) is 5.75 Å². The van der Waals surface area contributed by atoms with Crippen LogP contribution in [0.3, 0.4) is 0 Å². The van der Waals surface area contributed by atoms with Crippen molar-refractivity contribution in [3.05, 3.63) is 17.7 Å². The van der Waals surface area contributed by atoms with E-state index in [2.05, 4.69) is 4.99 Å². The number of nitrogens with zero attached hydrogens (tertiary/aromatic N) is 3. The maximum absolute atomic E-state index is 5.49. The van der Waals surface area contributed by atoms with E-state index in [-0.39, 0.29) is 0 Å². The third-order valence-corrected chi connectivity index (χ3v) is 3.22. The van der Waals surface area contributed by atoms with Crippen LogP contribution < -0.4 is 14.2 Å². The van der Waals surface area contributed by atoms with E-state index in [1.54, 1.807) is 21.3 Å². The van der Waals surface area contributed by atoms with Gasteiger partial charge in [-0.05, 0) is 12.5 Å². The van der Waals surface area contributed by atoms with Crippen molar-refractivity contribution in [2.75, 3.05) is 56.1 Å². The van der Waals surface area contributed by atoms with Gasteiger partial charge >= 0.3 is 0 Å². The second kappa shape index (κ2) is 8.36. The lowest BCUT2D eigenvalue weighted by molar-refractivity contribution is 0.322. The Hall–Kier alpha value is -2.11. The lowest BCUT2D eigenvalue weighted by Gasteiger charge is -2.22. The fraction of sp³-hybridized carbons (Fsp3) is 0.562. The summed E-state index contributed by atoms with van der Waals surface area (Å²) in [6.45, 7) is 0.664. The Bertz CT molecular complexity index is 504. The highest BCUT2D eigenvalue weighted by molar-refractivity contribution is 5.79. The molecule has 124 valence electrons. The predicted molar refractivity (Wildman–Crippen MR) is 89.5 cm³/mol. The molecule has 6 nitrogen and oxygen atoms in total. The third kappa shape index (κ3) is 4.19. The van der Waals surface area contributed by atoms with Gasteiger partial charge in [0.15, 0.2) is 17.5 Å². The van der Waals surface area contributed by atoms with Gasteiger partial charge in [-0.3, -0.25) is 4.99 Å². The summed E-state index contributed by atoms with van der Waals surface area (Å²) in [7, 11) is 12.8. The molecule has 0 atom stereocenters. The summed E-state index contributed by atoms with van der Waals surface area (Å²) in [5.41, 5.74) is 1.04. The Kier molecular flexibility index (Phi) is 6.82. The highest BCUT2D eigenvalue weighted by atomic mass is 16.5. The molecule has 0 spiro atoms. The number of aliphatic imine (C=N–C) groups is 1. The van der Waals surface area contributed by atoms with Crippen LogP contribution in [-0.2, 0) is 6.42 Å². The van der Waals surface area contributed by atoms with Gasteiger partial charge in [0.25, 0.3) is 0 Å². The minimum absolute atomic E-state index is 0.618. The molecule has 0 unspecified atom stereocenters. The van der Waals surface area contributed by atoms with Gasteiger partial charge in [0.1, 0.15) is 0 Å². The van der Waals surface area contributed by atoms with Crippen LogP contribution in [0, 0.1) is 0 Å². The van der Waals surface area contributed by atoms with Gasteiger partial charge in [-0.2, -0.15) is 0 Å². The first-order valence-electron chi connectivity index (χ1n) is 7.13. The molecule has 0 heterocycles. The standard InChI is InChI=1S/C16H27N3O3/c1-18(2)16(19(3)4)17-11-10-12-8-9-13(20-5)15(22-7)14(12)21-6/h8-9H,10-11H2,1-7H3. The lowest BCUT2D eigenvalue weighted by Crippen LogP contribution is -2.35. The first-order chi connectivity index (χ1) is 10.5. The Morgan fingerprint density at radius 3 is 1.95 bits per heavy atom. The van der Waals surface area contributed by atoms with Crippen molar-refractivity contribution < 1.29 is 14.2 Å². The van der Waals surface area contributed by atoms with Gasteiger partial charge in [-0.1, -0.05) is 6.07 Å². The summed E-state index contributed by atoms with van der Waals surface area (Å²) in [6, 6.07) is 3.87. The average molecular weight is 309 g/mol. The summed E-state index contributed by atoms with van der Waals surface area (Å²) in [4.78, 5) is 8.62. The first-order valence-corrected chi connectivity index (χ1v) is 7.13. The summed E-state index contributed by atoms with van der Waals surface area (Å²) < 4.78 is 16.2. The van der Waals surface area contributed by atoms with Gasteiger partial charge in [-0.25, -0.2) is 0 Å². The molecule has 1 rings (SSSR count). The molecule has 0 aromatic heterocycles. The molecule has 0 bridgehead atoms. The van der Waals surface area contributed by atoms with Crippen LogP contribution in [0.2, 0.25) is 0 Å². The van der Waals surface area contributed by atoms with Crippen LogP contribution in [0.15, 0.2) is 17.1 Å². The van der Waals surface area contributed by atoms with E-state index in [0.29, 0.717) is 23.8 Å². The highest BCUT2D eigenvalue weighted by Gasteiger charge is 2.15. The molecule has 1 aromatic rings. The van der Waals surface area contributed by atoms with Crippen molar-refractivity contribution in [3.8, 4) is 17.2 Å². The van der Waals surface area contributed by atoms with Crippen LogP contribution >= 0.6 is 0 Å². The molecule has 0 radical (unpaired) electrons. The van der Waals surface area contributed by atoms with Crippen molar-refractivity contribution in [2.45, 2.75) is 6.42 Å². The molecular weight excluding hydrogens is 282 g/mol. The third-order valence-electron chi connectivity index (χ3n) is 3.22. The minimum atomic E-state index is 0.618. The first kappa shape index (κ1) is 17.9. The molecule has 0 amide bonds. The number of ether oxygens (including phenoxy) is 3. The minimum Gasteiger partial charge on any atom is -0.493 e. The van der Waals surface area contributed by atoms with E-state index in [1.165, 1.54) is 0 Å². The van der Waals surface area contributed by atoms with Crippen LogP contribution in [-0.4, -0.2) is 71.8 Å². The Morgan fingerprint density at radius 1 is 0.909 bits per heavy atom. The average Bonchev–Trinajstić information content (AvgIpc) is 2.49. The predicted octanol–water partition coefficient (Wildman–Crippen LogP) is 1.73. The topological polar surface area (TPSA) is 46.5 Å². The molecule has 22 heavy (non-hydrogen) atoms. The highest BCUT2D eigenvalue weighted by Crippen LogP contribution is 2.39. The van der Waals surface area contributed by atoms with E-state index in [0.717, 1.165) is 17.9 Å². The van der Waals surface area contributed by atoms with E-state index in [4.69, 9.17) is 14.2 Å². The monoisotopic (exact) mass is 309 g/mol. The van der Waals surface area contributed by atoms with Crippen LogP contribution in [0.5, 0.6) is 17.2 Å². The molecule has 6 heteroatoms. The largest absolute Gasteiger partial charge is 0.493 e. The maximum Gasteiger partial charge on any atom is 0.203 e. The second-order valence-electron chi connectivity index (χ2n) is 5.21. The number of guanidine groups is 1. The van der Waals surface area contributed by atoms with Crippen LogP contribution in [0.25, 0.3) is 0 Å².